The third-order valence-corrected chi connectivity index (χ3v) is 1.34. The fourth-order valence-corrected chi connectivity index (χ4v) is 0.615. The molecule has 0 saturated heterocycles. The molecule has 1 aromatic rings. The molecule has 0 radical (unpaired) electrons. The number of carbonyl (C=O) groups is 2. The minimum absolute atomic E-state index is 0.130. The number of carbonyl (C=O) groups excluding carboxylic acids is 2. The molecule has 2 nitrogen and oxygen atoms in total. The lowest BCUT2D eigenvalue weighted by atomic mass is 10.2. The lowest BCUT2D eigenvalue weighted by molar-refractivity contribution is -0.110. The Morgan fingerprint density at radius 1 is 1.07 bits per heavy atom. The molecule has 0 fully saturated rings. The minimum Gasteiger partial charge on any atom is -0.298 e. The molecule has 1 rings (SSSR count). The van der Waals surface area contributed by atoms with Crippen molar-refractivity contribution in [3.8, 4) is 0 Å². The second-order valence-corrected chi connectivity index (χ2v) is 2.34. The van der Waals surface area contributed by atoms with Gasteiger partial charge in [0.15, 0.2) is 5.78 Å². The Morgan fingerprint density at radius 2 is 1.57 bits per heavy atom. The monoisotopic (exact) mass is 188 g/mol. The van der Waals surface area contributed by atoms with Gasteiger partial charge in [0.2, 0.25) is 0 Å². The van der Waals surface area contributed by atoms with Crippen LogP contribution in [0.15, 0.2) is 55.6 Å². The van der Waals surface area contributed by atoms with Crippen molar-refractivity contribution in [3.63, 3.8) is 0 Å². The third kappa shape index (κ3) is 5.66. The van der Waals surface area contributed by atoms with E-state index in [1.165, 1.54) is 12.2 Å². The molecule has 0 bridgehead atoms. The number of allylic oxidation sites excluding steroid dienone is 2. The van der Waals surface area contributed by atoms with Crippen LogP contribution in [0.25, 0.3) is 0 Å². The van der Waals surface area contributed by atoms with Crippen LogP contribution in [-0.4, -0.2) is 12.1 Å². The second kappa shape index (κ2) is 7.68. The van der Waals surface area contributed by atoms with Gasteiger partial charge in [-0.05, 0) is 12.2 Å². The SMILES string of the molecule is C=CC(=O)C=C.O=Cc1ccccc1. The molecular weight excluding hydrogens is 176 g/mol. The first kappa shape index (κ1) is 12.0. The van der Waals surface area contributed by atoms with Gasteiger partial charge < -0.3 is 0 Å². The quantitative estimate of drug-likeness (QED) is 0.539. The third-order valence-electron chi connectivity index (χ3n) is 1.34. The Hall–Kier alpha value is -1.96. The van der Waals surface area contributed by atoms with Gasteiger partial charge in [0.1, 0.15) is 6.29 Å². The van der Waals surface area contributed by atoms with E-state index in [2.05, 4.69) is 13.2 Å². The Bertz CT molecular complexity index is 302. The van der Waals surface area contributed by atoms with Crippen LogP contribution in [0.5, 0.6) is 0 Å². The Balaban J connectivity index is 0.000000255. The highest BCUT2D eigenvalue weighted by molar-refractivity contribution is 5.98. The molecule has 1 aromatic carbocycles. The summed E-state index contributed by atoms with van der Waals surface area (Å²) in [6.07, 6.45) is 3.26. The largest absolute Gasteiger partial charge is 0.298 e. The summed E-state index contributed by atoms with van der Waals surface area (Å²) in [5, 5.41) is 0. The molecule has 0 N–H and O–H groups in total. The van der Waals surface area contributed by atoms with Crippen LogP contribution in [0.2, 0.25) is 0 Å². The first-order valence-electron chi connectivity index (χ1n) is 4.03. The van der Waals surface area contributed by atoms with Crippen molar-refractivity contribution in [2.75, 3.05) is 0 Å². The molecular formula is C12H12O2. The lowest BCUT2D eigenvalue weighted by Crippen LogP contribution is -1.78. The number of hydrogen-bond donors (Lipinski definition) is 0. The molecule has 0 unspecified atom stereocenters. The molecule has 0 aliphatic rings. The van der Waals surface area contributed by atoms with Crippen LogP contribution in [0.4, 0.5) is 0 Å². The summed E-state index contributed by atoms with van der Waals surface area (Å²) in [5.41, 5.74) is 0.729. The van der Waals surface area contributed by atoms with E-state index in [4.69, 9.17) is 0 Å². The Kier molecular flexibility index (Phi) is 6.60. The number of hydrogen-bond acceptors (Lipinski definition) is 2. The highest BCUT2D eigenvalue weighted by atomic mass is 16.1. The van der Waals surface area contributed by atoms with Crippen molar-refractivity contribution in [1.29, 1.82) is 0 Å². The van der Waals surface area contributed by atoms with E-state index >= 15 is 0 Å². The topological polar surface area (TPSA) is 34.1 Å². The fourth-order valence-electron chi connectivity index (χ4n) is 0.615. The molecule has 0 aliphatic carbocycles. The highest BCUT2D eigenvalue weighted by Gasteiger charge is 1.80. The molecule has 0 heterocycles. The molecule has 0 amide bonds. The van der Waals surface area contributed by atoms with Crippen LogP contribution >= 0.6 is 0 Å². The van der Waals surface area contributed by atoms with Gasteiger partial charge in [-0.25, -0.2) is 0 Å². The van der Waals surface area contributed by atoms with Crippen LogP contribution in [0.1, 0.15) is 10.4 Å². The molecule has 0 aliphatic heterocycles. The molecule has 0 aromatic heterocycles. The first-order chi connectivity index (χ1) is 6.74. The van der Waals surface area contributed by atoms with Crippen LogP contribution < -0.4 is 0 Å². The van der Waals surface area contributed by atoms with E-state index in [1.54, 1.807) is 12.1 Å². The predicted molar refractivity (Wildman–Crippen MR) is 57.2 cm³/mol. The molecule has 14 heavy (non-hydrogen) atoms. The summed E-state index contributed by atoms with van der Waals surface area (Å²) in [6.45, 7) is 6.42. The maximum Gasteiger partial charge on any atom is 0.177 e. The zero-order valence-electron chi connectivity index (χ0n) is 7.85. The smallest absolute Gasteiger partial charge is 0.177 e. The van der Waals surface area contributed by atoms with E-state index < -0.39 is 0 Å². The van der Waals surface area contributed by atoms with E-state index in [-0.39, 0.29) is 5.78 Å². The average Bonchev–Trinajstić information content (AvgIpc) is 2.30. The van der Waals surface area contributed by atoms with Gasteiger partial charge in [0.25, 0.3) is 0 Å². The lowest BCUT2D eigenvalue weighted by Gasteiger charge is -1.81. The van der Waals surface area contributed by atoms with Crippen LogP contribution in [-0.2, 0) is 4.79 Å². The van der Waals surface area contributed by atoms with Gasteiger partial charge in [-0.3, -0.25) is 9.59 Å². The molecule has 0 atom stereocenters. The summed E-state index contributed by atoms with van der Waals surface area (Å²) < 4.78 is 0. The number of ketones is 1. The summed E-state index contributed by atoms with van der Waals surface area (Å²) >= 11 is 0. The Morgan fingerprint density at radius 3 is 1.79 bits per heavy atom. The Labute approximate surface area is 83.6 Å². The molecule has 0 saturated carbocycles. The molecule has 2 heteroatoms. The number of rotatable bonds is 3. The first-order valence-corrected chi connectivity index (χ1v) is 4.03. The second-order valence-electron chi connectivity index (χ2n) is 2.34. The standard InChI is InChI=1S/C7H6O.C5H6O/c8-6-7-4-2-1-3-5-7;1-3-5(6)4-2/h1-6H;3-4H,1-2H2. The van der Waals surface area contributed by atoms with E-state index in [0.717, 1.165) is 11.8 Å². The summed E-state index contributed by atoms with van der Waals surface area (Å²) in [6, 6.07) is 9.10. The average molecular weight is 188 g/mol. The zero-order chi connectivity index (χ0) is 10.8. The van der Waals surface area contributed by atoms with Crippen LogP contribution in [0.3, 0.4) is 0 Å². The number of aldehydes is 1. The summed E-state index contributed by atoms with van der Waals surface area (Å²) in [4.78, 5) is 20.0. The van der Waals surface area contributed by atoms with Crippen molar-refractivity contribution < 1.29 is 9.59 Å². The van der Waals surface area contributed by atoms with E-state index in [9.17, 15) is 9.59 Å². The summed E-state index contributed by atoms with van der Waals surface area (Å²) in [5.74, 6) is -0.130. The van der Waals surface area contributed by atoms with Crippen molar-refractivity contribution >= 4 is 12.1 Å². The highest BCUT2D eigenvalue weighted by Crippen LogP contribution is 1.91. The molecule has 0 spiro atoms. The summed E-state index contributed by atoms with van der Waals surface area (Å²) in [7, 11) is 0. The van der Waals surface area contributed by atoms with Gasteiger partial charge >= 0.3 is 0 Å². The van der Waals surface area contributed by atoms with Crippen molar-refractivity contribution in [1.82, 2.24) is 0 Å². The predicted octanol–water partition coefficient (Wildman–Crippen LogP) is 2.43. The van der Waals surface area contributed by atoms with Crippen molar-refractivity contribution in [2.24, 2.45) is 0 Å². The normalized spacial score (nSPS) is 7.71. The maximum absolute atomic E-state index is 10.0. The van der Waals surface area contributed by atoms with Gasteiger partial charge in [-0.1, -0.05) is 43.5 Å². The van der Waals surface area contributed by atoms with Gasteiger partial charge in [0.05, 0.1) is 0 Å². The number of benzene rings is 1. The van der Waals surface area contributed by atoms with E-state index in [0.29, 0.717) is 0 Å². The van der Waals surface area contributed by atoms with Gasteiger partial charge in [-0.15, -0.1) is 0 Å². The van der Waals surface area contributed by atoms with Gasteiger partial charge in [0, 0.05) is 5.56 Å². The molecule has 72 valence electrons. The minimum atomic E-state index is -0.130. The van der Waals surface area contributed by atoms with Crippen molar-refractivity contribution in [2.45, 2.75) is 0 Å². The zero-order valence-corrected chi connectivity index (χ0v) is 7.85. The maximum atomic E-state index is 10.0. The fraction of sp³-hybridized carbons (Fsp3) is 0. The van der Waals surface area contributed by atoms with Crippen molar-refractivity contribution in [3.05, 3.63) is 61.2 Å². The van der Waals surface area contributed by atoms with Crippen LogP contribution in [0, 0.1) is 0 Å². The van der Waals surface area contributed by atoms with Gasteiger partial charge in [-0.2, -0.15) is 0 Å². The van der Waals surface area contributed by atoms with E-state index in [1.807, 2.05) is 18.2 Å².